The van der Waals surface area contributed by atoms with E-state index in [2.05, 4.69) is 4.98 Å². The second kappa shape index (κ2) is 5.65. The molecule has 1 amide bonds. The van der Waals surface area contributed by atoms with Gasteiger partial charge in [-0.05, 0) is 0 Å². The van der Waals surface area contributed by atoms with E-state index in [0.717, 1.165) is 16.1 Å². The first kappa shape index (κ1) is 13.8. The molecule has 1 aromatic carbocycles. The van der Waals surface area contributed by atoms with Crippen LogP contribution in [0.25, 0.3) is 11.3 Å². The van der Waals surface area contributed by atoms with Crippen LogP contribution in [0.4, 0.5) is 0 Å². The molecule has 0 bridgehead atoms. The molecule has 5 nitrogen and oxygen atoms in total. The summed E-state index contributed by atoms with van der Waals surface area (Å²) in [6.45, 7) is 0.706. The molecular formula is C15H14N2O3S. The van der Waals surface area contributed by atoms with E-state index in [1.54, 1.807) is 10.4 Å². The minimum Gasteiger partial charge on any atom is -0.481 e. The highest BCUT2D eigenvalue weighted by Crippen LogP contribution is 2.28. The predicted molar refractivity (Wildman–Crippen MR) is 78.7 cm³/mol. The number of nitrogens with zero attached hydrogens (tertiary/aromatic N) is 2. The van der Waals surface area contributed by atoms with E-state index in [4.69, 9.17) is 5.11 Å². The average Bonchev–Trinajstić information content (AvgIpc) is 3.08. The number of hydrogen-bond donors (Lipinski definition) is 1. The lowest BCUT2D eigenvalue weighted by Crippen LogP contribution is -2.25. The zero-order valence-electron chi connectivity index (χ0n) is 11.2. The van der Waals surface area contributed by atoms with Gasteiger partial charge in [-0.3, -0.25) is 9.59 Å². The van der Waals surface area contributed by atoms with Gasteiger partial charge < -0.3 is 10.0 Å². The number of thiazole rings is 1. The predicted octanol–water partition coefficient (Wildman–Crippen LogP) is 2.24. The summed E-state index contributed by atoms with van der Waals surface area (Å²) >= 11 is 1.49. The number of aliphatic carboxylic acids is 1. The number of carbonyl (C=O) groups excluding carboxylic acids is 1. The van der Waals surface area contributed by atoms with Gasteiger partial charge in [-0.25, -0.2) is 4.98 Å². The Morgan fingerprint density at radius 3 is 2.81 bits per heavy atom. The number of benzene rings is 1. The van der Waals surface area contributed by atoms with Crippen molar-refractivity contribution >= 4 is 23.2 Å². The zero-order valence-corrected chi connectivity index (χ0v) is 12.0. The summed E-state index contributed by atoms with van der Waals surface area (Å²) in [5.41, 5.74) is 3.63. The fourth-order valence-corrected chi connectivity index (χ4v) is 3.28. The summed E-state index contributed by atoms with van der Waals surface area (Å²) in [4.78, 5) is 29.9. The number of carboxylic acid groups (broad SMARTS) is 1. The van der Waals surface area contributed by atoms with Gasteiger partial charge in [0.2, 0.25) is 5.91 Å². The first-order valence-corrected chi connectivity index (χ1v) is 7.51. The van der Waals surface area contributed by atoms with Gasteiger partial charge in [0.05, 0.1) is 28.5 Å². The van der Waals surface area contributed by atoms with Crippen LogP contribution in [0.1, 0.15) is 11.3 Å². The van der Waals surface area contributed by atoms with Crippen molar-refractivity contribution in [3.05, 3.63) is 40.7 Å². The summed E-state index contributed by atoms with van der Waals surface area (Å²) < 4.78 is 0. The molecule has 2 heterocycles. The van der Waals surface area contributed by atoms with Crippen LogP contribution in [0, 0.1) is 5.92 Å². The average molecular weight is 302 g/mol. The van der Waals surface area contributed by atoms with Crippen LogP contribution in [0.5, 0.6) is 0 Å². The molecule has 1 N–H and O–H groups in total. The second-order valence-electron chi connectivity index (χ2n) is 5.00. The SMILES string of the molecule is O=C(O)[C@@H]1CC(=O)N(Cc2scnc2-c2ccccc2)C1. The molecule has 0 saturated carbocycles. The highest BCUT2D eigenvalue weighted by atomic mass is 32.1. The van der Waals surface area contributed by atoms with Crippen LogP contribution < -0.4 is 0 Å². The highest BCUT2D eigenvalue weighted by molar-refractivity contribution is 7.10. The molecule has 0 spiro atoms. The van der Waals surface area contributed by atoms with E-state index < -0.39 is 11.9 Å². The third-order valence-corrected chi connectivity index (χ3v) is 4.40. The first-order valence-electron chi connectivity index (χ1n) is 6.63. The van der Waals surface area contributed by atoms with E-state index in [1.165, 1.54) is 11.3 Å². The minimum atomic E-state index is -0.904. The molecule has 1 fully saturated rings. The molecule has 3 rings (SSSR count). The summed E-state index contributed by atoms with van der Waals surface area (Å²) in [7, 11) is 0. The fourth-order valence-electron chi connectivity index (χ4n) is 2.48. The van der Waals surface area contributed by atoms with Crippen molar-refractivity contribution in [1.29, 1.82) is 0 Å². The number of amides is 1. The van der Waals surface area contributed by atoms with Crippen molar-refractivity contribution in [3.8, 4) is 11.3 Å². The Labute approximate surface area is 125 Å². The monoisotopic (exact) mass is 302 g/mol. The van der Waals surface area contributed by atoms with Gasteiger partial charge in [-0.15, -0.1) is 11.3 Å². The lowest BCUT2D eigenvalue weighted by molar-refractivity contribution is -0.141. The Balaban J connectivity index is 1.79. The number of carboxylic acids is 1. The van der Waals surface area contributed by atoms with E-state index in [0.29, 0.717) is 6.54 Å². The summed E-state index contributed by atoms with van der Waals surface area (Å²) in [5, 5.41) is 9.02. The molecule has 1 aliphatic rings. The zero-order chi connectivity index (χ0) is 14.8. The lowest BCUT2D eigenvalue weighted by Gasteiger charge is -2.15. The van der Waals surface area contributed by atoms with Crippen molar-refractivity contribution in [2.24, 2.45) is 5.92 Å². The van der Waals surface area contributed by atoms with Gasteiger partial charge in [0.15, 0.2) is 0 Å². The quantitative estimate of drug-likeness (QED) is 0.940. The lowest BCUT2D eigenvalue weighted by atomic mass is 10.1. The van der Waals surface area contributed by atoms with E-state index >= 15 is 0 Å². The Hall–Kier alpha value is -2.21. The minimum absolute atomic E-state index is 0.0921. The molecular weight excluding hydrogens is 288 g/mol. The van der Waals surface area contributed by atoms with Gasteiger partial charge in [0, 0.05) is 18.5 Å². The Morgan fingerprint density at radius 1 is 1.38 bits per heavy atom. The van der Waals surface area contributed by atoms with Gasteiger partial charge in [0.25, 0.3) is 0 Å². The molecule has 0 aliphatic carbocycles. The van der Waals surface area contributed by atoms with Crippen molar-refractivity contribution in [2.45, 2.75) is 13.0 Å². The maximum atomic E-state index is 11.9. The van der Waals surface area contributed by atoms with E-state index in [-0.39, 0.29) is 18.9 Å². The molecule has 0 unspecified atom stereocenters. The third kappa shape index (κ3) is 2.80. The fraction of sp³-hybridized carbons (Fsp3) is 0.267. The van der Waals surface area contributed by atoms with E-state index in [9.17, 15) is 9.59 Å². The molecule has 6 heteroatoms. The van der Waals surface area contributed by atoms with Crippen LogP contribution in [0.3, 0.4) is 0 Å². The number of rotatable bonds is 4. The smallest absolute Gasteiger partial charge is 0.308 e. The van der Waals surface area contributed by atoms with E-state index in [1.807, 2.05) is 30.3 Å². The third-order valence-electron chi connectivity index (χ3n) is 3.59. The molecule has 0 radical (unpaired) electrons. The number of likely N-dealkylation sites (tertiary alicyclic amines) is 1. The second-order valence-corrected chi connectivity index (χ2v) is 5.94. The standard InChI is InChI=1S/C15H14N2O3S/c18-13-6-11(15(19)20)7-17(13)8-12-14(16-9-21-12)10-4-2-1-3-5-10/h1-5,9,11H,6-8H2,(H,19,20)/t11-/m1/s1. The molecule has 1 aliphatic heterocycles. The Morgan fingerprint density at radius 2 is 2.14 bits per heavy atom. The molecule has 1 atom stereocenters. The van der Waals surface area contributed by atoms with Gasteiger partial charge >= 0.3 is 5.97 Å². The maximum Gasteiger partial charge on any atom is 0.308 e. The van der Waals surface area contributed by atoms with Crippen molar-refractivity contribution in [3.63, 3.8) is 0 Å². The van der Waals surface area contributed by atoms with Crippen LogP contribution >= 0.6 is 11.3 Å². The molecule has 1 saturated heterocycles. The van der Waals surface area contributed by atoms with Crippen molar-refractivity contribution < 1.29 is 14.7 Å². The largest absolute Gasteiger partial charge is 0.481 e. The Bertz CT molecular complexity index is 669. The molecule has 1 aromatic heterocycles. The van der Waals surface area contributed by atoms with Crippen molar-refractivity contribution in [1.82, 2.24) is 9.88 Å². The number of aromatic nitrogens is 1. The Kier molecular flexibility index (Phi) is 3.70. The van der Waals surface area contributed by atoms with Crippen LogP contribution in [0.2, 0.25) is 0 Å². The number of hydrogen-bond acceptors (Lipinski definition) is 4. The van der Waals surface area contributed by atoms with Crippen molar-refractivity contribution in [2.75, 3.05) is 6.54 Å². The highest BCUT2D eigenvalue weighted by Gasteiger charge is 2.34. The number of carbonyl (C=O) groups is 2. The molecule has 108 valence electrons. The van der Waals surface area contributed by atoms with Crippen LogP contribution in [-0.4, -0.2) is 33.4 Å². The van der Waals surface area contributed by atoms with Gasteiger partial charge in [-0.2, -0.15) is 0 Å². The topological polar surface area (TPSA) is 70.5 Å². The summed E-state index contributed by atoms with van der Waals surface area (Å²) in [5.74, 6) is -1.60. The first-order chi connectivity index (χ1) is 10.1. The van der Waals surface area contributed by atoms with Crippen LogP contribution in [0.15, 0.2) is 35.8 Å². The molecule has 21 heavy (non-hydrogen) atoms. The maximum absolute atomic E-state index is 11.9. The summed E-state index contributed by atoms with van der Waals surface area (Å²) in [6, 6.07) is 9.78. The molecule has 2 aromatic rings. The normalized spacial score (nSPS) is 18.2. The van der Waals surface area contributed by atoms with Gasteiger partial charge in [0.1, 0.15) is 0 Å². The van der Waals surface area contributed by atoms with Gasteiger partial charge in [-0.1, -0.05) is 30.3 Å². The van der Waals surface area contributed by atoms with Crippen LogP contribution in [-0.2, 0) is 16.1 Å². The summed E-state index contributed by atoms with van der Waals surface area (Å²) in [6.07, 6.45) is 0.0921.